The van der Waals surface area contributed by atoms with Crippen LogP contribution in [0.3, 0.4) is 0 Å². The summed E-state index contributed by atoms with van der Waals surface area (Å²) in [7, 11) is 0. The van der Waals surface area contributed by atoms with E-state index in [1.165, 1.54) is 4.88 Å². The zero-order valence-electron chi connectivity index (χ0n) is 14.1. The summed E-state index contributed by atoms with van der Waals surface area (Å²) in [6.07, 6.45) is 0.470. The minimum Gasteiger partial charge on any atom is -0.494 e. The summed E-state index contributed by atoms with van der Waals surface area (Å²) >= 11 is 1.80. The third kappa shape index (κ3) is 4.58. The first-order chi connectivity index (χ1) is 11.7. The van der Waals surface area contributed by atoms with Crippen LogP contribution in [0.25, 0.3) is 0 Å². The predicted octanol–water partition coefficient (Wildman–Crippen LogP) is 3.03. The van der Waals surface area contributed by atoms with Gasteiger partial charge in [0, 0.05) is 37.6 Å². The van der Waals surface area contributed by atoms with Crippen LogP contribution in [0.5, 0.6) is 5.75 Å². The van der Waals surface area contributed by atoms with Crippen molar-refractivity contribution in [2.45, 2.75) is 19.9 Å². The molecule has 5 heteroatoms. The van der Waals surface area contributed by atoms with E-state index >= 15 is 0 Å². The molecule has 0 N–H and O–H groups in total. The van der Waals surface area contributed by atoms with E-state index in [1.54, 1.807) is 11.3 Å². The Bertz CT molecular complexity index is 632. The number of hydrogen-bond donors (Lipinski definition) is 0. The van der Waals surface area contributed by atoms with Gasteiger partial charge in [0.1, 0.15) is 5.75 Å². The molecule has 1 saturated heterocycles. The number of piperazine rings is 1. The highest BCUT2D eigenvalue weighted by molar-refractivity contribution is 7.09. The third-order valence-electron chi connectivity index (χ3n) is 4.27. The summed E-state index contributed by atoms with van der Waals surface area (Å²) in [4.78, 5) is 18.3. The van der Waals surface area contributed by atoms with Crippen molar-refractivity contribution in [1.29, 1.82) is 0 Å². The lowest BCUT2D eigenvalue weighted by Crippen LogP contribution is -2.48. The van der Waals surface area contributed by atoms with Gasteiger partial charge in [0.2, 0.25) is 5.91 Å². The fourth-order valence-corrected chi connectivity index (χ4v) is 3.68. The summed E-state index contributed by atoms with van der Waals surface area (Å²) in [6, 6.07) is 12.1. The van der Waals surface area contributed by atoms with E-state index in [4.69, 9.17) is 4.74 Å². The zero-order valence-corrected chi connectivity index (χ0v) is 14.9. The number of nitrogens with zero attached hydrogens (tertiary/aromatic N) is 2. The van der Waals surface area contributed by atoms with Crippen LogP contribution in [0.4, 0.5) is 0 Å². The summed E-state index contributed by atoms with van der Waals surface area (Å²) < 4.78 is 5.44. The van der Waals surface area contributed by atoms with Crippen molar-refractivity contribution in [2.24, 2.45) is 0 Å². The molecule has 24 heavy (non-hydrogen) atoms. The molecule has 4 nitrogen and oxygen atoms in total. The molecule has 0 atom stereocenters. The van der Waals surface area contributed by atoms with Crippen LogP contribution in [-0.4, -0.2) is 48.5 Å². The Hall–Kier alpha value is -1.85. The molecule has 128 valence electrons. The third-order valence-corrected chi connectivity index (χ3v) is 5.14. The van der Waals surface area contributed by atoms with Crippen LogP contribution in [0.1, 0.15) is 17.4 Å². The molecule has 0 saturated carbocycles. The Balaban J connectivity index is 1.46. The molecule has 0 bridgehead atoms. The maximum Gasteiger partial charge on any atom is 0.227 e. The van der Waals surface area contributed by atoms with Crippen molar-refractivity contribution in [2.75, 3.05) is 32.8 Å². The van der Waals surface area contributed by atoms with Gasteiger partial charge in [-0.05, 0) is 36.1 Å². The number of benzene rings is 1. The van der Waals surface area contributed by atoms with Crippen LogP contribution in [0, 0.1) is 0 Å². The van der Waals surface area contributed by atoms with Crippen LogP contribution in [0.2, 0.25) is 0 Å². The van der Waals surface area contributed by atoms with Gasteiger partial charge in [-0.15, -0.1) is 11.3 Å². The van der Waals surface area contributed by atoms with E-state index in [1.807, 2.05) is 36.1 Å². The number of rotatable bonds is 6. The molecule has 0 spiro atoms. The summed E-state index contributed by atoms with van der Waals surface area (Å²) in [5, 5.41) is 2.12. The highest BCUT2D eigenvalue weighted by Gasteiger charge is 2.21. The van der Waals surface area contributed by atoms with Crippen LogP contribution >= 0.6 is 11.3 Å². The van der Waals surface area contributed by atoms with E-state index in [0.29, 0.717) is 13.0 Å². The first-order valence-corrected chi connectivity index (χ1v) is 9.37. The van der Waals surface area contributed by atoms with Crippen LogP contribution in [0.15, 0.2) is 41.8 Å². The maximum absolute atomic E-state index is 12.5. The molecule has 0 unspecified atom stereocenters. The predicted molar refractivity (Wildman–Crippen MR) is 97.5 cm³/mol. The lowest BCUT2D eigenvalue weighted by atomic mass is 10.1. The van der Waals surface area contributed by atoms with Crippen molar-refractivity contribution in [3.05, 3.63) is 52.2 Å². The number of thiophene rings is 1. The first kappa shape index (κ1) is 17.0. The summed E-state index contributed by atoms with van der Waals surface area (Å²) in [5.41, 5.74) is 1.05. The fourth-order valence-electron chi connectivity index (χ4n) is 2.93. The van der Waals surface area contributed by atoms with E-state index in [0.717, 1.165) is 44.0 Å². The second-order valence-electron chi connectivity index (χ2n) is 5.99. The molecular formula is C19H24N2O2S. The van der Waals surface area contributed by atoms with Gasteiger partial charge in [-0.1, -0.05) is 18.2 Å². The van der Waals surface area contributed by atoms with Crippen LogP contribution < -0.4 is 4.74 Å². The zero-order chi connectivity index (χ0) is 16.8. The van der Waals surface area contributed by atoms with Gasteiger partial charge >= 0.3 is 0 Å². The molecule has 0 radical (unpaired) electrons. The van der Waals surface area contributed by atoms with Gasteiger partial charge in [0.25, 0.3) is 0 Å². The number of hydrogen-bond acceptors (Lipinski definition) is 4. The first-order valence-electron chi connectivity index (χ1n) is 8.49. The molecule has 1 aliphatic rings. The highest BCUT2D eigenvalue weighted by atomic mass is 32.1. The molecule has 3 rings (SSSR count). The van der Waals surface area contributed by atoms with Crippen molar-refractivity contribution in [3.8, 4) is 5.75 Å². The Morgan fingerprint density at radius 1 is 1.12 bits per heavy atom. The van der Waals surface area contributed by atoms with Gasteiger partial charge in [-0.25, -0.2) is 0 Å². The Morgan fingerprint density at radius 2 is 1.88 bits per heavy atom. The summed E-state index contributed by atoms with van der Waals surface area (Å²) in [5.74, 6) is 1.07. The average Bonchev–Trinajstić information content (AvgIpc) is 3.10. The van der Waals surface area contributed by atoms with E-state index in [-0.39, 0.29) is 5.91 Å². The molecular weight excluding hydrogens is 320 g/mol. The quantitative estimate of drug-likeness (QED) is 0.807. The van der Waals surface area contributed by atoms with Crippen molar-refractivity contribution in [1.82, 2.24) is 9.80 Å². The lowest BCUT2D eigenvalue weighted by Gasteiger charge is -2.34. The molecule has 1 aliphatic heterocycles. The Labute approximate surface area is 147 Å². The molecule has 1 aromatic heterocycles. The van der Waals surface area contributed by atoms with Gasteiger partial charge in [-0.3, -0.25) is 9.69 Å². The monoisotopic (exact) mass is 344 g/mol. The molecule has 1 amide bonds. The molecule has 0 aliphatic carbocycles. The normalized spacial score (nSPS) is 15.5. The standard InChI is InChI=1S/C19H24N2O2S/c1-2-23-17-7-5-16(6-8-17)14-19(22)21-11-9-20(10-12-21)15-18-4-3-13-24-18/h3-8,13H,2,9-12,14-15H2,1H3. The lowest BCUT2D eigenvalue weighted by molar-refractivity contribution is -0.132. The van der Waals surface area contributed by atoms with E-state index in [9.17, 15) is 4.79 Å². The second-order valence-corrected chi connectivity index (χ2v) is 7.02. The number of ether oxygens (including phenoxy) is 1. The number of amides is 1. The van der Waals surface area contributed by atoms with E-state index < -0.39 is 0 Å². The van der Waals surface area contributed by atoms with Crippen LogP contribution in [-0.2, 0) is 17.8 Å². The maximum atomic E-state index is 12.5. The molecule has 1 fully saturated rings. The number of carbonyl (C=O) groups excluding carboxylic acids is 1. The minimum absolute atomic E-state index is 0.218. The summed E-state index contributed by atoms with van der Waals surface area (Å²) in [6.45, 7) is 7.17. The highest BCUT2D eigenvalue weighted by Crippen LogP contribution is 2.15. The SMILES string of the molecule is CCOc1ccc(CC(=O)N2CCN(Cc3cccs3)CC2)cc1. The average molecular weight is 344 g/mol. The van der Waals surface area contributed by atoms with Crippen molar-refractivity contribution in [3.63, 3.8) is 0 Å². The topological polar surface area (TPSA) is 32.8 Å². The van der Waals surface area contributed by atoms with Gasteiger partial charge < -0.3 is 9.64 Å². The minimum atomic E-state index is 0.218. The molecule has 2 aromatic rings. The van der Waals surface area contributed by atoms with Gasteiger partial charge in [0.15, 0.2) is 0 Å². The number of carbonyl (C=O) groups is 1. The Kier molecular flexibility index (Phi) is 5.88. The fraction of sp³-hybridized carbons (Fsp3) is 0.421. The second kappa shape index (κ2) is 8.31. The van der Waals surface area contributed by atoms with Crippen molar-refractivity contribution >= 4 is 17.2 Å². The Morgan fingerprint density at radius 3 is 2.50 bits per heavy atom. The van der Waals surface area contributed by atoms with Crippen molar-refractivity contribution < 1.29 is 9.53 Å². The largest absolute Gasteiger partial charge is 0.494 e. The smallest absolute Gasteiger partial charge is 0.227 e. The van der Waals surface area contributed by atoms with E-state index in [2.05, 4.69) is 22.4 Å². The molecule has 2 heterocycles. The van der Waals surface area contributed by atoms with Gasteiger partial charge in [0.05, 0.1) is 13.0 Å². The van der Waals surface area contributed by atoms with Gasteiger partial charge in [-0.2, -0.15) is 0 Å². The molecule has 1 aromatic carbocycles.